The summed E-state index contributed by atoms with van der Waals surface area (Å²) in [6.45, 7) is 0.902. The second-order valence-electron chi connectivity index (χ2n) is 9.45. The summed E-state index contributed by atoms with van der Waals surface area (Å²) in [5, 5.41) is 12.4. The van der Waals surface area contributed by atoms with E-state index in [1.54, 1.807) is 4.90 Å². The van der Waals surface area contributed by atoms with Crippen LogP contribution in [0.15, 0.2) is 48.5 Å². The first-order valence-electron chi connectivity index (χ1n) is 12.4. The maximum Gasteiger partial charge on any atom is 0.407 e. The number of amides is 2. The number of imidazole rings is 1. The molecular weight excluding hydrogens is 478 g/mol. The highest BCUT2D eigenvalue weighted by molar-refractivity contribution is 6.31. The number of nitrogens with zero attached hydrogens (tertiary/aromatic N) is 4. The molecule has 1 aromatic heterocycles. The first-order chi connectivity index (χ1) is 17.5. The van der Waals surface area contributed by atoms with Crippen molar-refractivity contribution in [2.45, 2.75) is 63.8 Å². The Hall–Kier alpha value is -3.57. The third-order valence-electron chi connectivity index (χ3n) is 6.71. The lowest BCUT2D eigenvalue weighted by Crippen LogP contribution is -2.46. The van der Waals surface area contributed by atoms with Crippen molar-refractivity contribution in [2.75, 3.05) is 4.90 Å². The summed E-state index contributed by atoms with van der Waals surface area (Å²) >= 11 is 6.21. The number of rotatable bonds is 9. The van der Waals surface area contributed by atoms with Crippen molar-refractivity contribution in [2.24, 2.45) is 5.92 Å². The van der Waals surface area contributed by atoms with Gasteiger partial charge in [-0.1, -0.05) is 29.8 Å². The second kappa shape index (κ2) is 10.6. The van der Waals surface area contributed by atoms with E-state index < -0.39 is 6.09 Å². The molecule has 2 fully saturated rings. The maximum atomic E-state index is 13.7. The number of benzene rings is 2. The Morgan fingerprint density at radius 3 is 2.69 bits per heavy atom. The lowest BCUT2D eigenvalue weighted by atomic mass is 9.81. The van der Waals surface area contributed by atoms with Crippen molar-refractivity contribution in [3.8, 4) is 6.07 Å². The summed E-state index contributed by atoms with van der Waals surface area (Å²) in [5.74, 6) is 0.491. The zero-order valence-electron chi connectivity index (χ0n) is 19.9. The molecule has 0 atom stereocenters. The van der Waals surface area contributed by atoms with E-state index in [1.807, 2.05) is 48.5 Å². The molecule has 2 aliphatic carbocycles. The van der Waals surface area contributed by atoms with E-state index in [1.165, 1.54) is 0 Å². The Balaban J connectivity index is 1.35. The molecule has 0 bridgehead atoms. The van der Waals surface area contributed by atoms with Gasteiger partial charge in [-0.3, -0.25) is 4.79 Å². The normalized spacial score (nSPS) is 18.8. The smallest absolute Gasteiger partial charge is 0.407 e. The Bertz CT molecular complexity index is 1290. The number of fused-ring (bicyclic) bond motifs is 1. The lowest BCUT2D eigenvalue weighted by Gasteiger charge is -2.37. The molecule has 0 spiro atoms. The van der Waals surface area contributed by atoms with Gasteiger partial charge in [0, 0.05) is 35.6 Å². The van der Waals surface area contributed by atoms with Crippen molar-refractivity contribution < 1.29 is 14.3 Å². The number of nitriles is 1. The number of carbonyl (C=O) groups excluding carboxylic acids is 2. The Morgan fingerprint density at radius 2 is 1.97 bits per heavy atom. The predicted molar refractivity (Wildman–Crippen MR) is 136 cm³/mol. The van der Waals surface area contributed by atoms with Gasteiger partial charge in [0.25, 0.3) is 0 Å². The molecule has 36 heavy (non-hydrogen) atoms. The standard InChI is InChI=1S/C27H28ClN5O3/c28-19-8-11-24-23(16-19)31-25(32(24)13-5-4-12-29)17-33(21-6-2-1-3-7-21)26(34)18-14-22(15-18)36-27(35)30-20-9-10-20/h1-3,6-8,11,16,18,20,22H,4-5,9-10,13-15,17H2,(H,30,35). The number of hydrogen-bond acceptors (Lipinski definition) is 5. The highest BCUT2D eigenvalue weighted by atomic mass is 35.5. The molecule has 2 amide bonds. The number of ether oxygens (including phenoxy) is 1. The maximum absolute atomic E-state index is 13.7. The first kappa shape index (κ1) is 24.1. The van der Waals surface area contributed by atoms with Crippen LogP contribution in [0.4, 0.5) is 10.5 Å². The van der Waals surface area contributed by atoms with Gasteiger partial charge in [0.15, 0.2) is 0 Å². The van der Waals surface area contributed by atoms with Gasteiger partial charge in [-0.15, -0.1) is 0 Å². The molecule has 0 unspecified atom stereocenters. The Kier molecular flexibility index (Phi) is 7.10. The molecule has 5 rings (SSSR count). The number of halogens is 1. The number of unbranched alkanes of at least 4 members (excludes halogenated alkanes) is 1. The molecule has 3 aromatic rings. The van der Waals surface area contributed by atoms with E-state index in [2.05, 4.69) is 16.0 Å². The molecule has 2 saturated carbocycles. The van der Waals surface area contributed by atoms with Crippen LogP contribution in [-0.4, -0.2) is 33.7 Å². The van der Waals surface area contributed by atoms with Crippen LogP contribution in [-0.2, 0) is 22.6 Å². The average molecular weight is 506 g/mol. The average Bonchev–Trinajstić information content (AvgIpc) is 3.60. The molecule has 0 aliphatic heterocycles. The molecule has 2 aromatic carbocycles. The van der Waals surface area contributed by atoms with E-state index in [0.29, 0.717) is 37.3 Å². The lowest BCUT2D eigenvalue weighted by molar-refractivity contribution is -0.129. The summed E-state index contributed by atoms with van der Waals surface area (Å²) in [7, 11) is 0. The summed E-state index contributed by atoms with van der Waals surface area (Å²) in [4.78, 5) is 32.2. The highest BCUT2D eigenvalue weighted by Gasteiger charge is 2.40. The fourth-order valence-electron chi connectivity index (χ4n) is 4.55. The van der Waals surface area contributed by atoms with E-state index >= 15 is 0 Å². The SMILES string of the molecule is N#CCCCn1c(CN(C(=O)C2CC(OC(=O)NC3CC3)C2)c2ccccc2)nc2cc(Cl)ccc21. The number of hydrogen-bond donors (Lipinski definition) is 1. The number of anilines is 1. The Labute approximate surface area is 214 Å². The second-order valence-corrected chi connectivity index (χ2v) is 9.88. The number of aromatic nitrogens is 2. The highest BCUT2D eigenvalue weighted by Crippen LogP contribution is 2.34. The number of para-hydroxylation sites is 1. The van der Waals surface area contributed by atoms with Gasteiger partial charge in [-0.25, -0.2) is 9.78 Å². The van der Waals surface area contributed by atoms with E-state index in [4.69, 9.17) is 26.6 Å². The van der Waals surface area contributed by atoms with Crippen LogP contribution in [0.2, 0.25) is 5.02 Å². The molecule has 186 valence electrons. The fraction of sp³-hybridized carbons (Fsp3) is 0.407. The van der Waals surface area contributed by atoms with Crippen molar-refractivity contribution in [1.82, 2.24) is 14.9 Å². The Morgan fingerprint density at radius 1 is 1.19 bits per heavy atom. The zero-order chi connectivity index (χ0) is 25.1. The van der Waals surface area contributed by atoms with Crippen molar-refractivity contribution in [3.63, 3.8) is 0 Å². The van der Waals surface area contributed by atoms with Crippen LogP contribution in [0, 0.1) is 17.2 Å². The van der Waals surface area contributed by atoms with E-state index in [-0.39, 0.29) is 30.5 Å². The molecule has 1 heterocycles. The number of carbonyl (C=O) groups is 2. The summed E-state index contributed by atoms with van der Waals surface area (Å²) < 4.78 is 7.54. The number of aryl methyl sites for hydroxylation is 1. The summed E-state index contributed by atoms with van der Waals surface area (Å²) in [5.41, 5.74) is 2.47. The third kappa shape index (κ3) is 5.47. The van der Waals surface area contributed by atoms with Gasteiger partial charge >= 0.3 is 6.09 Å². The minimum absolute atomic E-state index is 0.0164. The monoisotopic (exact) mass is 505 g/mol. The van der Waals surface area contributed by atoms with E-state index in [9.17, 15) is 9.59 Å². The topological polar surface area (TPSA) is 100 Å². The van der Waals surface area contributed by atoms with Crippen LogP contribution in [0.1, 0.15) is 44.3 Å². The minimum atomic E-state index is -0.391. The predicted octanol–water partition coefficient (Wildman–Crippen LogP) is 5.19. The molecule has 1 N–H and O–H groups in total. The minimum Gasteiger partial charge on any atom is -0.446 e. The third-order valence-corrected chi connectivity index (χ3v) is 6.95. The van der Waals surface area contributed by atoms with Gasteiger partial charge < -0.3 is 19.5 Å². The van der Waals surface area contributed by atoms with Gasteiger partial charge in [0.2, 0.25) is 5.91 Å². The van der Waals surface area contributed by atoms with Crippen molar-refractivity contribution in [1.29, 1.82) is 5.26 Å². The number of nitrogens with one attached hydrogen (secondary N) is 1. The molecule has 0 saturated heterocycles. The largest absolute Gasteiger partial charge is 0.446 e. The van der Waals surface area contributed by atoms with Gasteiger partial charge in [0.1, 0.15) is 11.9 Å². The van der Waals surface area contributed by atoms with Crippen LogP contribution in [0.5, 0.6) is 0 Å². The molecule has 9 heteroatoms. The molecular formula is C27H28ClN5O3. The van der Waals surface area contributed by atoms with Crippen LogP contribution < -0.4 is 10.2 Å². The summed E-state index contributed by atoms with van der Waals surface area (Å²) in [6, 6.07) is 17.5. The quantitative estimate of drug-likeness (QED) is 0.403. The van der Waals surface area contributed by atoms with Crippen LogP contribution in [0.3, 0.4) is 0 Å². The fourth-order valence-corrected chi connectivity index (χ4v) is 4.72. The van der Waals surface area contributed by atoms with Gasteiger partial charge in [-0.2, -0.15) is 5.26 Å². The zero-order valence-corrected chi connectivity index (χ0v) is 20.7. The van der Waals surface area contributed by atoms with Crippen molar-refractivity contribution >= 4 is 40.3 Å². The molecule has 8 nitrogen and oxygen atoms in total. The van der Waals surface area contributed by atoms with E-state index in [0.717, 1.165) is 35.4 Å². The first-order valence-corrected chi connectivity index (χ1v) is 12.7. The van der Waals surface area contributed by atoms with Gasteiger partial charge in [0.05, 0.1) is 23.6 Å². The molecule has 2 aliphatic rings. The molecule has 0 radical (unpaired) electrons. The van der Waals surface area contributed by atoms with Gasteiger partial charge in [-0.05, 0) is 62.4 Å². The van der Waals surface area contributed by atoms with Crippen LogP contribution in [0.25, 0.3) is 11.0 Å². The summed E-state index contributed by atoms with van der Waals surface area (Å²) in [6.07, 6.45) is 3.50. The van der Waals surface area contributed by atoms with Crippen LogP contribution >= 0.6 is 11.6 Å². The van der Waals surface area contributed by atoms with Crippen molar-refractivity contribution in [3.05, 3.63) is 59.4 Å². The number of alkyl carbamates (subject to hydrolysis) is 1.